The van der Waals surface area contributed by atoms with Crippen LogP contribution in [-0.4, -0.2) is 30.7 Å². The number of aromatic nitrogens is 1. The maximum Gasteiger partial charge on any atom is 0.169 e. The van der Waals surface area contributed by atoms with Crippen LogP contribution in [-0.2, 0) is 6.54 Å². The van der Waals surface area contributed by atoms with Gasteiger partial charge in [0.1, 0.15) is 0 Å². The number of hydrogen-bond acceptors (Lipinski definition) is 0. The molecular formula is C18H34N2+2. The van der Waals surface area contributed by atoms with E-state index >= 15 is 0 Å². The Bertz CT molecular complexity index is 339. The minimum atomic E-state index is 1.15. The minimum Gasteiger partial charge on any atom is -0.323 e. The van der Waals surface area contributed by atoms with Crippen LogP contribution in [0.4, 0.5) is 0 Å². The summed E-state index contributed by atoms with van der Waals surface area (Å²) in [5.41, 5.74) is 1.34. The maximum absolute atomic E-state index is 2.33. The van der Waals surface area contributed by atoms with Gasteiger partial charge in [-0.2, -0.15) is 0 Å². The molecule has 1 rings (SSSR count). The third-order valence-electron chi connectivity index (χ3n) is 4.20. The lowest BCUT2D eigenvalue weighted by atomic mass is 10.2. The number of pyridine rings is 1. The van der Waals surface area contributed by atoms with Crippen LogP contribution in [0.5, 0.6) is 0 Å². The number of aryl methyl sites for hydroxylation is 2. The molecule has 0 amide bonds. The second kappa shape index (κ2) is 9.12. The zero-order valence-corrected chi connectivity index (χ0v) is 14.1. The van der Waals surface area contributed by atoms with E-state index in [-0.39, 0.29) is 0 Å². The Kier molecular flexibility index (Phi) is 7.83. The van der Waals surface area contributed by atoms with Gasteiger partial charge in [0.15, 0.2) is 18.9 Å². The Hall–Kier alpha value is -0.890. The first-order valence-corrected chi connectivity index (χ1v) is 8.46. The van der Waals surface area contributed by atoms with E-state index in [0.717, 1.165) is 6.54 Å². The zero-order valence-electron chi connectivity index (χ0n) is 14.1. The van der Waals surface area contributed by atoms with Crippen LogP contribution in [0.15, 0.2) is 24.5 Å². The van der Waals surface area contributed by atoms with E-state index in [1.165, 1.54) is 61.9 Å². The molecule has 0 aliphatic rings. The van der Waals surface area contributed by atoms with Crippen molar-refractivity contribution in [2.24, 2.45) is 0 Å². The Balaban J connectivity index is 2.54. The molecular weight excluding hydrogens is 244 g/mol. The predicted octanol–water partition coefficient (Wildman–Crippen LogP) is 3.72. The van der Waals surface area contributed by atoms with Crippen LogP contribution in [0.25, 0.3) is 0 Å². The Morgan fingerprint density at radius 2 is 1.35 bits per heavy atom. The highest BCUT2D eigenvalue weighted by molar-refractivity contribution is 5.03. The van der Waals surface area contributed by atoms with Crippen LogP contribution >= 0.6 is 0 Å². The molecule has 2 nitrogen and oxygen atoms in total. The summed E-state index contributed by atoms with van der Waals surface area (Å²) < 4.78 is 3.65. The highest BCUT2D eigenvalue weighted by atomic mass is 15.3. The fraction of sp³-hybridized carbons (Fsp3) is 0.722. The first-order chi connectivity index (χ1) is 9.65. The number of rotatable bonds is 10. The van der Waals surface area contributed by atoms with E-state index in [0.29, 0.717) is 0 Å². The fourth-order valence-corrected chi connectivity index (χ4v) is 3.36. The van der Waals surface area contributed by atoms with Gasteiger partial charge in [-0.1, -0.05) is 20.8 Å². The maximum atomic E-state index is 2.33. The molecule has 1 aromatic rings. The van der Waals surface area contributed by atoms with Crippen molar-refractivity contribution in [3.63, 3.8) is 0 Å². The molecule has 0 bridgehead atoms. The third-order valence-corrected chi connectivity index (χ3v) is 4.20. The lowest BCUT2D eigenvalue weighted by molar-refractivity contribution is -0.930. The fourth-order valence-electron chi connectivity index (χ4n) is 3.36. The van der Waals surface area contributed by atoms with E-state index in [9.17, 15) is 0 Å². The van der Waals surface area contributed by atoms with Crippen molar-refractivity contribution in [3.8, 4) is 0 Å². The molecule has 0 aliphatic carbocycles. The van der Waals surface area contributed by atoms with Gasteiger partial charge in [-0.05, 0) is 31.7 Å². The summed E-state index contributed by atoms with van der Waals surface area (Å²) in [6.07, 6.45) is 9.62. The van der Waals surface area contributed by atoms with Gasteiger partial charge in [0.25, 0.3) is 0 Å². The van der Waals surface area contributed by atoms with Gasteiger partial charge in [0, 0.05) is 12.1 Å². The van der Waals surface area contributed by atoms with Crippen molar-refractivity contribution in [2.75, 3.05) is 26.2 Å². The van der Waals surface area contributed by atoms with Gasteiger partial charge in [-0.3, -0.25) is 0 Å². The second-order valence-corrected chi connectivity index (χ2v) is 6.20. The Morgan fingerprint density at radius 1 is 0.850 bits per heavy atom. The van der Waals surface area contributed by atoms with Crippen LogP contribution < -0.4 is 4.57 Å². The van der Waals surface area contributed by atoms with Crippen LogP contribution in [0.1, 0.15) is 52.0 Å². The summed E-state index contributed by atoms with van der Waals surface area (Å²) in [7, 11) is 0. The third kappa shape index (κ3) is 5.62. The van der Waals surface area contributed by atoms with Crippen LogP contribution in [0, 0.1) is 6.92 Å². The van der Waals surface area contributed by atoms with E-state index in [4.69, 9.17) is 0 Å². The molecule has 0 aromatic carbocycles. The highest BCUT2D eigenvalue weighted by Crippen LogP contribution is 2.13. The molecule has 0 aliphatic heterocycles. The van der Waals surface area contributed by atoms with Gasteiger partial charge in [0.05, 0.1) is 32.6 Å². The molecule has 1 aromatic heterocycles. The standard InChI is InChI=1S/C18H34N2/c1-5-14-20(15-6-2,16-7-3)17-8-11-19-12-9-18(4)10-13-19/h9-10,12-13H,5-8,11,14-17H2,1-4H3/q+2. The van der Waals surface area contributed by atoms with Crippen molar-refractivity contribution < 1.29 is 9.05 Å². The average molecular weight is 278 g/mol. The highest BCUT2D eigenvalue weighted by Gasteiger charge is 2.24. The van der Waals surface area contributed by atoms with Gasteiger partial charge in [-0.25, -0.2) is 4.57 Å². The molecule has 0 atom stereocenters. The smallest absolute Gasteiger partial charge is 0.169 e. The molecule has 1 heterocycles. The molecule has 20 heavy (non-hydrogen) atoms. The van der Waals surface area contributed by atoms with E-state index in [1.54, 1.807) is 0 Å². The Morgan fingerprint density at radius 3 is 1.80 bits per heavy atom. The SMILES string of the molecule is CCC[N+](CCC)(CCC)CCC[n+]1ccc(C)cc1. The molecule has 0 fully saturated rings. The van der Waals surface area contributed by atoms with Crippen molar-refractivity contribution in [3.05, 3.63) is 30.1 Å². The number of hydrogen-bond donors (Lipinski definition) is 0. The largest absolute Gasteiger partial charge is 0.323 e. The zero-order chi connectivity index (χ0) is 14.8. The summed E-state index contributed by atoms with van der Waals surface area (Å²) in [4.78, 5) is 0. The summed E-state index contributed by atoms with van der Waals surface area (Å²) in [5.74, 6) is 0. The van der Waals surface area contributed by atoms with Gasteiger partial charge in [0.2, 0.25) is 0 Å². The average Bonchev–Trinajstić information content (AvgIpc) is 2.42. The van der Waals surface area contributed by atoms with Crippen molar-refractivity contribution >= 4 is 0 Å². The van der Waals surface area contributed by atoms with E-state index in [2.05, 4.69) is 56.8 Å². The quantitative estimate of drug-likeness (QED) is 0.454. The molecule has 0 unspecified atom stereocenters. The van der Waals surface area contributed by atoms with Gasteiger partial charge < -0.3 is 4.48 Å². The van der Waals surface area contributed by atoms with E-state index < -0.39 is 0 Å². The first kappa shape index (κ1) is 17.2. The van der Waals surface area contributed by atoms with E-state index in [1.807, 2.05) is 0 Å². The van der Waals surface area contributed by atoms with Crippen LogP contribution in [0.3, 0.4) is 0 Å². The lowest BCUT2D eigenvalue weighted by Gasteiger charge is -2.38. The molecule has 0 spiro atoms. The summed E-state index contributed by atoms with van der Waals surface area (Å²) in [6, 6.07) is 4.40. The first-order valence-electron chi connectivity index (χ1n) is 8.46. The monoisotopic (exact) mass is 278 g/mol. The van der Waals surface area contributed by atoms with Gasteiger partial charge in [-0.15, -0.1) is 0 Å². The van der Waals surface area contributed by atoms with Crippen molar-refractivity contribution in [1.82, 2.24) is 0 Å². The Labute approximate surface area is 126 Å². The normalized spacial score (nSPS) is 11.8. The lowest BCUT2D eigenvalue weighted by Crippen LogP contribution is -2.51. The predicted molar refractivity (Wildman–Crippen MR) is 86.6 cm³/mol. The molecule has 0 N–H and O–H groups in total. The molecule has 0 saturated heterocycles. The number of nitrogens with zero attached hydrogens (tertiary/aromatic N) is 2. The van der Waals surface area contributed by atoms with Crippen molar-refractivity contribution in [2.45, 2.75) is 59.9 Å². The van der Waals surface area contributed by atoms with Crippen LogP contribution in [0.2, 0.25) is 0 Å². The number of quaternary nitrogens is 1. The summed E-state index contributed by atoms with van der Waals surface area (Å²) in [6.45, 7) is 15.7. The van der Waals surface area contributed by atoms with Crippen molar-refractivity contribution in [1.29, 1.82) is 0 Å². The van der Waals surface area contributed by atoms with Gasteiger partial charge >= 0.3 is 0 Å². The summed E-state index contributed by atoms with van der Waals surface area (Å²) in [5, 5.41) is 0. The minimum absolute atomic E-state index is 1.15. The molecule has 0 saturated carbocycles. The molecule has 0 radical (unpaired) electrons. The second-order valence-electron chi connectivity index (χ2n) is 6.20. The molecule has 2 heteroatoms. The topological polar surface area (TPSA) is 3.88 Å². The molecule has 114 valence electrons. The summed E-state index contributed by atoms with van der Waals surface area (Å²) >= 11 is 0.